The van der Waals surface area contributed by atoms with Gasteiger partial charge in [-0.05, 0) is 24.6 Å². The van der Waals surface area contributed by atoms with E-state index in [0.717, 1.165) is 5.56 Å². The standard InChI is InChI=1S/C11H17N3O4S/c1-2-18-11(15)8-14-19(16,17)13-7-9-3-5-10(12)6-4-9/h3-6,13-14H,2,7-8,12H2,1H3. The quantitative estimate of drug-likeness (QED) is 0.473. The molecule has 1 aromatic rings. The fourth-order valence-corrected chi connectivity index (χ4v) is 2.00. The molecule has 0 saturated heterocycles. The molecule has 0 aliphatic carbocycles. The topological polar surface area (TPSA) is 111 Å². The molecule has 0 saturated carbocycles. The highest BCUT2D eigenvalue weighted by Crippen LogP contribution is 2.05. The third-order valence-corrected chi connectivity index (χ3v) is 3.21. The highest BCUT2D eigenvalue weighted by atomic mass is 32.2. The van der Waals surface area contributed by atoms with Crippen molar-refractivity contribution in [3.05, 3.63) is 29.8 Å². The lowest BCUT2D eigenvalue weighted by molar-refractivity contribution is -0.141. The highest BCUT2D eigenvalue weighted by molar-refractivity contribution is 7.87. The Morgan fingerprint density at radius 1 is 1.26 bits per heavy atom. The number of benzene rings is 1. The van der Waals surface area contributed by atoms with Crippen LogP contribution in [0.25, 0.3) is 0 Å². The summed E-state index contributed by atoms with van der Waals surface area (Å²) in [5.41, 5.74) is 6.88. The molecule has 0 unspecified atom stereocenters. The van der Waals surface area contributed by atoms with Crippen LogP contribution in [0.1, 0.15) is 12.5 Å². The van der Waals surface area contributed by atoms with Crippen molar-refractivity contribution in [3.8, 4) is 0 Å². The fraction of sp³-hybridized carbons (Fsp3) is 0.364. The number of nitrogen functional groups attached to an aromatic ring is 1. The van der Waals surface area contributed by atoms with Crippen molar-refractivity contribution in [2.45, 2.75) is 13.5 Å². The molecule has 1 aromatic carbocycles. The number of carbonyl (C=O) groups excluding carboxylic acids is 1. The van der Waals surface area contributed by atoms with Crippen LogP contribution in [0, 0.1) is 0 Å². The Morgan fingerprint density at radius 3 is 2.47 bits per heavy atom. The summed E-state index contributed by atoms with van der Waals surface area (Å²) in [5, 5.41) is 0. The van der Waals surface area contributed by atoms with E-state index in [-0.39, 0.29) is 13.2 Å². The van der Waals surface area contributed by atoms with E-state index in [1.54, 1.807) is 31.2 Å². The summed E-state index contributed by atoms with van der Waals surface area (Å²) in [6.07, 6.45) is 0. The zero-order valence-corrected chi connectivity index (χ0v) is 11.4. The van der Waals surface area contributed by atoms with Gasteiger partial charge in [-0.3, -0.25) is 4.79 Å². The molecule has 0 aliphatic heterocycles. The van der Waals surface area contributed by atoms with E-state index in [4.69, 9.17) is 5.73 Å². The number of esters is 1. The van der Waals surface area contributed by atoms with E-state index in [0.29, 0.717) is 5.69 Å². The van der Waals surface area contributed by atoms with Crippen molar-refractivity contribution in [2.75, 3.05) is 18.9 Å². The van der Waals surface area contributed by atoms with Crippen molar-refractivity contribution < 1.29 is 17.9 Å². The first kappa shape index (κ1) is 15.4. The first-order chi connectivity index (χ1) is 8.93. The van der Waals surface area contributed by atoms with Crippen LogP contribution >= 0.6 is 0 Å². The summed E-state index contributed by atoms with van der Waals surface area (Å²) in [5.74, 6) is -0.625. The van der Waals surface area contributed by atoms with Crippen LogP contribution in [0.5, 0.6) is 0 Å². The van der Waals surface area contributed by atoms with Gasteiger partial charge in [0.05, 0.1) is 6.61 Å². The van der Waals surface area contributed by atoms with Crippen LogP contribution in [0.15, 0.2) is 24.3 Å². The number of nitrogens with one attached hydrogen (secondary N) is 2. The minimum atomic E-state index is -3.74. The molecule has 0 aromatic heterocycles. The zero-order chi connectivity index (χ0) is 14.3. The van der Waals surface area contributed by atoms with Gasteiger partial charge in [0.1, 0.15) is 6.54 Å². The molecule has 8 heteroatoms. The second-order valence-corrected chi connectivity index (χ2v) is 5.28. The maximum Gasteiger partial charge on any atom is 0.321 e. The van der Waals surface area contributed by atoms with Crippen molar-refractivity contribution in [1.82, 2.24) is 9.44 Å². The van der Waals surface area contributed by atoms with Crippen LogP contribution < -0.4 is 15.2 Å². The third kappa shape index (κ3) is 6.18. The second-order valence-electron chi connectivity index (χ2n) is 3.69. The average Bonchev–Trinajstić information content (AvgIpc) is 2.36. The molecular formula is C11H17N3O4S. The maximum absolute atomic E-state index is 11.5. The molecule has 19 heavy (non-hydrogen) atoms. The smallest absolute Gasteiger partial charge is 0.321 e. The molecule has 0 aliphatic rings. The minimum absolute atomic E-state index is 0.110. The molecule has 106 valence electrons. The second kappa shape index (κ2) is 7.07. The third-order valence-electron chi connectivity index (χ3n) is 2.16. The minimum Gasteiger partial charge on any atom is -0.465 e. The Balaban J connectivity index is 2.42. The first-order valence-corrected chi connectivity index (χ1v) is 7.15. The molecule has 0 bridgehead atoms. The van der Waals surface area contributed by atoms with Gasteiger partial charge in [-0.25, -0.2) is 0 Å². The van der Waals surface area contributed by atoms with Gasteiger partial charge in [0.15, 0.2) is 0 Å². The number of rotatable bonds is 7. The summed E-state index contributed by atoms with van der Waals surface area (Å²) in [6.45, 7) is 1.56. The summed E-state index contributed by atoms with van der Waals surface area (Å²) in [6, 6.07) is 6.78. The largest absolute Gasteiger partial charge is 0.465 e. The number of carbonyl (C=O) groups is 1. The zero-order valence-electron chi connectivity index (χ0n) is 10.5. The molecule has 4 N–H and O–H groups in total. The Kier molecular flexibility index (Phi) is 5.74. The molecule has 1 rings (SSSR count). The van der Waals surface area contributed by atoms with Gasteiger partial charge in [0.2, 0.25) is 0 Å². The van der Waals surface area contributed by atoms with E-state index in [1.807, 2.05) is 0 Å². The summed E-state index contributed by atoms with van der Waals surface area (Å²) >= 11 is 0. The van der Waals surface area contributed by atoms with E-state index < -0.39 is 22.7 Å². The van der Waals surface area contributed by atoms with Gasteiger partial charge in [0, 0.05) is 12.2 Å². The summed E-state index contributed by atoms with van der Waals surface area (Å²) < 4.78 is 32.0. The van der Waals surface area contributed by atoms with Gasteiger partial charge in [-0.15, -0.1) is 0 Å². The Bertz CT molecular complexity index is 513. The number of hydrogen-bond donors (Lipinski definition) is 3. The maximum atomic E-state index is 11.5. The fourth-order valence-electron chi connectivity index (χ4n) is 1.23. The van der Waals surface area contributed by atoms with Gasteiger partial charge in [-0.1, -0.05) is 12.1 Å². The van der Waals surface area contributed by atoms with E-state index in [9.17, 15) is 13.2 Å². The van der Waals surface area contributed by atoms with Gasteiger partial charge in [-0.2, -0.15) is 17.9 Å². The SMILES string of the molecule is CCOC(=O)CNS(=O)(=O)NCc1ccc(N)cc1. The molecule has 0 atom stereocenters. The van der Waals surface area contributed by atoms with Gasteiger partial charge >= 0.3 is 5.97 Å². The van der Waals surface area contributed by atoms with Crippen LogP contribution in [0.2, 0.25) is 0 Å². The lowest BCUT2D eigenvalue weighted by atomic mass is 10.2. The molecule has 0 heterocycles. The molecule has 0 amide bonds. The Morgan fingerprint density at radius 2 is 1.89 bits per heavy atom. The van der Waals surface area contributed by atoms with Crippen LogP contribution in [0.4, 0.5) is 5.69 Å². The van der Waals surface area contributed by atoms with Crippen molar-refractivity contribution in [1.29, 1.82) is 0 Å². The van der Waals surface area contributed by atoms with Crippen LogP contribution in [0.3, 0.4) is 0 Å². The van der Waals surface area contributed by atoms with Gasteiger partial charge in [0.25, 0.3) is 10.2 Å². The molecule has 0 fully saturated rings. The van der Waals surface area contributed by atoms with Crippen molar-refractivity contribution in [2.24, 2.45) is 0 Å². The summed E-state index contributed by atoms with van der Waals surface area (Å²) in [7, 11) is -3.74. The van der Waals surface area contributed by atoms with Crippen LogP contribution in [-0.4, -0.2) is 27.5 Å². The van der Waals surface area contributed by atoms with E-state index in [1.165, 1.54) is 0 Å². The monoisotopic (exact) mass is 287 g/mol. The van der Waals surface area contributed by atoms with Crippen molar-refractivity contribution in [3.63, 3.8) is 0 Å². The Labute approximate surface area is 112 Å². The van der Waals surface area contributed by atoms with Crippen LogP contribution in [-0.2, 0) is 26.3 Å². The molecule has 7 nitrogen and oxygen atoms in total. The number of ether oxygens (including phenoxy) is 1. The lowest BCUT2D eigenvalue weighted by Crippen LogP contribution is -2.39. The number of anilines is 1. The molecular weight excluding hydrogens is 270 g/mol. The molecule has 0 radical (unpaired) electrons. The lowest BCUT2D eigenvalue weighted by Gasteiger charge is -2.08. The van der Waals surface area contributed by atoms with E-state index >= 15 is 0 Å². The average molecular weight is 287 g/mol. The highest BCUT2D eigenvalue weighted by Gasteiger charge is 2.11. The number of hydrogen-bond acceptors (Lipinski definition) is 5. The molecule has 0 spiro atoms. The predicted octanol–water partition coefficient (Wildman–Crippen LogP) is -0.244. The Hall–Kier alpha value is -1.64. The van der Waals surface area contributed by atoms with Gasteiger partial charge < -0.3 is 10.5 Å². The first-order valence-electron chi connectivity index (χ1n) is 5.67. The number of nitrogens with two attached hydrogens (primary N) is 1. The van der Waals surface area contributed by atoms with Crippen molar-refractivity contribution >= 4 is 21.9 Å². The summed E-state index contributed by atoms with van der Waals surface area (Å²) in [4.78, 5) is 11.0. The normalized spacial score (nSPS) is 11.2. The predicted molar refractivity (Wildman–Crippen MR) is 71.2 cm³/mol. The van der Waals surface area contributed by atoms with E-state index in [2.05, 4.69) is 14.2 Å².